The summed E-state index contributed by atoms with van der Waals surface area (Å²) in [5, 5.41) is 4.21. The first-order valence-electron chi connectivity index (χ1n) is 13.3. The third-order valence-electron chi connectivity index (χ3n) is 7.21. The summed E-state index contributed by atoms with van der Waals surface area (Å²) in [6.45, 7) is 2.49. The van der Waals surface area contributed by atoms with Crippen LogP contribution in [0.1, 0.15) is 20.7 Å². The van der Waals surface area contributed by atoms with Gasteiger partial charge in [-0.1, -0.05) is 60.1 Å². The van der Waals surface area contributed by atoms with Crippen LogP contribution in [0.5, 0.6) is 0 Å². The van der Waals surface area contributed by atoms with Crippen LogP contribution >= 0.6 is 11.6 Å². The molecule has 5 aromatic rings. The number of hydrogen-bond donors (Lipinski definition) is 1. The number of halogens is 1. The molecule has 1 aliphatic heterocycles. The maximum atomic E-state index is 13.1. The minimum absolute atomic E-state index is 0.0277. The van der Waals surface area contributed by atoms with Crippen LogP contribution < -0.4 is 15.8 Å². The summed E-state index contributed by atoms with van der Waals surface area (Å²) >= 11 is 6.64. The lowest BCUT2D eigenvalue weighted by Gasteiger charge is -2.36. The molecule has 1 fully saturated rings. The molecule has 41 heavy (non-hydrogen) atoms. The van der Waals surface area contributed by atoms with Crippen molar-refractivity contribution in [1.29, 1.82) is 0 Å². The molecule has 4 aromatic carbocycles. The Kier molecular flexibility index (Phi) is 7.27. The van der Waals surface area contributed by atoms with Crippen LogP contribution in [-0.4, -0.2) is 42.9 Å². The zero-order valence-corrected chi connectivity index (χ0v) is 22.8. The van der Waals surface area contributed by atoms with Crippen molar-refractivity contribution in [2.75, 3.05) is 36.4 Å². The van der Waals surface area contributed by atoms with Crippen LogP contribution in [-0.2, 0) is 0 Å². The predicted molar refractivity (Wildman–Crippen MR) is 162 cm³/mol. The molecular weight excluding hydrogens is 538 g/mol. The molecule has 0 aliphatic carbocycles. The Hall–Kier alpha value is -4.88. The third-order valence-corrected chi connectivity index (χ3v) is 7.51. The van der Waals surface area contributed by atoms with Crippen molar-refractivity contribution < 1.29 is 14.0 Å². The summed E-state index contributed by atoms with van der Waals surface area (Å²) in [4.78, 5) is 42.5. The molecule has 7 nitrogen and oxygen atoms in total. The highest BCUT2D eigenvalue weighted by atomic mass is 35.5. The number of anilines is 2. The lowest BCUT2D eigenvalue weighted by molar-refractivity contribution is 0.0746. The van der Waals surface area contributed by atoms with Crippen molar-refractivity contribution >= 4 is 45.8 Å². The minimum Gasteiger partial charge on any atom is -0.422 e. The van der Waals surface area contributed by atoms with E-state index in [2.05, 4.69) is 10.2 Å². The van der Waals surface area contributed by atoms with E-state index in [1.807, 2.05) is 65.6 Å². The molecule has 0 unspecified atom stereocenters. The summed E-state index contributed by atoms with van der Waals surface area (Å²) in [7, 11) is 0. The number of rotatable bonds is 5. The van der Waals surface area contributed by atoms with E-state index in [-0.39, 0.29) is 11.8 Å². The van der Waals surface area contributed by atoms with E-state index >= 15 is 0 Å². The van der Waals surface area contributed by atoms with Gasteiger partial charge in [0.1, 0.15) is 5.58 Å². The molecule has 2 heterocycles. The van der Waals surface area contributed by atoms with Crippen LogP contribution in [0.25, 0.3) is 22.1 Å². The minimum atomic E-state index is -0.464. The fraction of sp³-hybridized carbons (Fsp3) is 0.121. The van der Waals surface area contributed by atoms with Crippen LogP contribution in [0.4, 0.5) is 11.4 Å². The van der Waals surface area contributed by atoms with Crippen molar-refractivity contribution in [2.24, 2.45) is 0 Å². The number of hydrogen-bond acceptors (Lipinski definition) is 5. The Labute approximate surface area is 241 Å². The Morgan fingerprint density at radius 2 is 1.49 bits per heavy atom. The second-order valence-electron chi connectivity index (χ2n) is 9.83. The van der Waals surface area contributed by atoms with Crippen molar-refractivity contribution in [3.8, 4) is 11.1 Å². The van der Waals surface area contributed by atoms with Gasteiger partial charge in [0.05, 0.1) is 16.3 Å². The van der Waals surface area contributed by atoms with Crippen molar-refractivity contribution in [3.05, 3.63) is 130 Å². The van der Waals surface area contributed by atoms with E-state index < -0.39 is 5.63 Å². The molecule has 204 valence electrons. The number of carbonyl (C=O) groups is 2. The maximum absolute atomic E-state index is 13.1. The lowest BCUT2D eigenvalue weighted by Crippen LogP contribution is -2.48. The summed E-state index contributed by atoms with van der Waals surface area (Å²) in [5.74, 6) is -0.297. The average Bonchev–Trinajstić information content (AvgIpc) is 3.01. The van der Waals surface area contributed by atoms with E-state index in [0.717, 1.165) is 11.1 Å². The van der Waals surface area contributed by atoms with Crippen molar-refractivity contribution in [2.45, 2.75) is 0 Å². The second-order valence-corrected chi connectivity index (χ2v) is 10.2. The van der Waals surface area contributed by atoms with Gasteiger partial charge in [-0.2, -0.15) is 0 Å². The molecule has 0 atom stereocenters. The summed E-state index contributed by atoms with van der Waals surface area (Å²) in [5.41, 5.74) is 3.51. The molecule has 0 bridgehead atoms. The van der Waals surface area contributed by atoms with E-state index in [1.165, 1.54) is 0 Å². The van der Waals surface area contributed by atoms with Gasteiger partial charge in [0.25, 0.3) is 11.8 Å². The zero-order chi connectivity index (χ0) is 28.3. The quantitative estimate of drug-likeness (QED) is 0.253. The molecule has 1 aromatic heterocycles. The summed E-state index contributed by atoms with van der Waals surface area (Å²) < 4.78 is 5.46. The molecule has 0 spiro atoms. The molecular formula is C33H26ClN3O4. The van der Waals surface area contributed by atoms with Crippen LogP contribution in [0.3, 0.4) is 0 Å². The van der Waals surface area contributed by atoms with Crippen molar-refractivity contribution in [3.63, 3.8) is 0 Å². The number of carbonyl (C=O) groups excluding carboxylic acids is 2. The van der Waals surface area contributed by atoms with Crippen LogP contribution in [0.15, 0.2) is 112 Å². The topological polar surface area (TPSA) is 82.9 Å². The molecule has 2 amide bonds. The highest BCUT2D eigenvalue weighted by Crippen LogP contribution is 2.30. The van der Waals surface area contributed by atoms with Crippen LogP contribution in [0, 0.1) is 0 Å². The number of para-hydroxylation sites is 1. The molecule has 6 rings (SSSR count). The van der Waals surface area contributed by atoms with Gasteiger partial charge in [0.2, 0.25) is 0 Å². The molecule has 1 aliphatic rings. The lowest BCUT2D eigenvalue weighted by atomic mass is 10.0. The van der Waals surface area contributed by atoms with E-state index in [4.69, 9.17) is 16.0 Å². The summed E-state index contributed by atoms with van der Waals surface area (Å²) in [6.07, 6.45) is 0. The highest BCUT2D eigenvalue weighted by Gasteiger charge is 2.23. The first-order chi connectivity index (χ1) is 20.0. The molecule has 1 N–H and O–H groups in total. The van der Waals surface area contributed by atoms with E-state index in [9.17, 15) is 14.4 Å². The zero-order valence-electron chi connectivity index (χ0n) is 22.0. The number of amides is 2. The predicted octanol–water partition coefficient (Wildman–Crippen LogP) is 6.33. The van der Waals surface area contributed by atoms with Gasteiger partial charge in [0, 0.05) is 48.4 Å². The Morgan fingerprint density at radius 1 is 0.756 bits per heavy atom. The monoisotopic (exact) mass is 563 g/mol. The fourth-order valence-electron chi connectivity index (χ4n) is 5.05. The van der Waals surface area contributed by atoms with E-state index in [1.54, 1.807) is 42.5 Å². The molecule has 1 saturated heterocycles. The first kappa shape index (κ1) is 26.3. The average molecular weight is 564 g/mol. The SMILES string of the molecule is O=C(Nc1ccc(N2CCN(C(=O)c3ccccc3)CC2)c(Cl)c1)c1cccc(-c2cc3ccccc3oc2=O)c1. The summed E-state index contributed by atoms with van der Waals surface area (Å²) in [6, 6.07) is 30.6. The van der Waals surface area contributed by atoms with Gasteiger partial charge >= 0.3 is 5.63 Å². The number of benzene rings is 4. The first-order valence-corrected chi connectivity index (χ1v) is 13.7. The molecule has 0 saturated carbocycles. The standard InChI is InChI=1S/C33H26ClN3O4/c34-28-21-26(13-14-29(28)36-15-17-37(18-16-36)32(39)22-7-2-1-3-8-22)35-31(38)25-11-6-10-23(19-25)27-20-24-9-4-5-12-30(24)41-33(27)40/h1-14,19-21H,15-18H2,(H,35,38). The number of nitrogens with one attached hydrogen (secondary N) is 1. The maximum Gasteiger partial charge on any atom is 0.344 e. The normalized spacial score (nSPS) is 13.3. The van der Waals surface area contributed by atoms with Gasteiger partial charge < -0.3 is 19.5 Å². The number of fused-ring (bicyclic) bond motifs is 1. The van der Waals surface area contributed by atoms with Gasteiger partial charge in [-0.05, 0) is 60.2 Å². The van der Waals surface area contributed by atoms with Crippen molar-refractivity contribution in [1.82, 2.24) is 4.90 Å². The van der Waals surface area contributed by atoms with Crippen LogP contribution in [0.2, 0.25) is 5.02 Å². The Balaban J connectivity index is 1.13. The Bertz CT molecular complexity index is 1810. The molecule has 8 heteroatoms. The van der Waals surface area contributed by atoms with Gasteiger partial charge in [0.15, 0.2) is 0 Å². The van der Waals surface area contributed by atoms with Gasteiger partial charge in [-0.3, -0.25) is 9.59 Å². The Morgan fingerprint density at radius 3 is 2.27 bits per heavy atom. The van der Waals surface area contributed by atoms with Gasteiger partial charge in [-0.25, -0.2) is 4.79 Å². The molecule has 0 radical (unpaired) electrons. The smallest absolute Gasteiger partial charge is 0.344 e. The number of nitrogens with zero attached hydrogens (tertiary/aromatic N) is 2. The second kappa shape index (κ2) is 11.3. The van der Waals surface area contributed by atoms with E-state index in [0.29, 0.717) is 64.7 Å². The number of piperazine rings is 1. The highest BCUT2D eigenvalue weighted by molar-refractivity contribution is 6.33. The van der Waals surface area contributed by atoms with Gasteiger partial charge in [-0.15, -0.1) is 0 Å². The largest absolute Gasteiger partial charge is 0.422 e. The fourth-order valence-corrected chi connectivity index (χ4v) is 5.35. The third kappa shape index (κ3) is 5.58.